The van der Waals surface area contributed by atoms with Crippen LogP contribution in [-0.4, -0.2) is 58.7 Å². The minimum Gasteiger partial charge on any atom is -0.487 e. The second kappa shape index (κ2) is 12.4. The van der Waals surface area contributed by atoms with Gasteiger partial charge in [-0.15, -0.1) is 11.6 Å². The summed E-state index contributed by atoms with van der Waals surface area (Å²) < 4.78 is 34.5. The molecule has 0 saturated carbocycles. The number of fused-ring (bicyclic) bond motifs is 2. The van der Waals surface area contributed by atoms with Gasteiger partial charge in [0.15, 0.2) is 23.0 Å². The number of ether oxygens (including phenoxy) is 6. The number of hydrogen-bond acceptors (Lipinski definition) is 6. The molecule has 0 unspecified atom stereocenters. The maximum Gasteiger partial charge on any atom is 0.161 e. The van der Waals surface area contributed by atoms with E-state index in [1.54, 1.807) is 0 Å². The van der Waals surface area contributed by atoms with Gasteiger partial charge in [-0.2, -0.15) is 0 Å². The average Bonchev–Trinajstić information content (AvgIpc) is 2.74. The zero-order valence-electron chi connectivity index (χ0n) is 16.4. The number of aryl methyl sites for hydroxylation is 1. The van der Waals surface area contributed by atoms with Gasteiger partial charge < -0.3 is 28.4 Å². The molecule has 0 N–H and O–H groups in total. The fourth-order valence-electron chi connectivity index (χ4n) is 2.78. The second-order valence-corrected chi connectivity index (χ2v) is 6.66. The number of hydrogen-bond donors (Lipinski definition) is 0. The summed E-state index contributed by atoms with van der Waals surface area (Å²) in [6, 6.07) is 13.4. The van der Waals surface area contributed by atoms with Gasteiger partial charge in [-0.05, 0) is 36.2 Å². The SMILES string of the molecule is ClCCc1ccc2c(c1)OCCOCCOc1ccccc1OCCOCCO2. The van der Waals surface area contributed by atoms with Gasteiger partial charge in [0.05, 0.1) is 26.4 Å². The molecule has 1 aliphatic rings. The molecule has 0 bridgehead atoms. The molecule has 0 saturated heterocycles. The van der Waals surface area contributed by atoms with Crippen molar-refractivity contribution in [3.8, 4) is 23.0 Å². The van der Waals surface area contributed by atoms with Crippen LogP contribution in [0.2, 0.25) is 0 Å². The highest BCUT2D eigenvalue weighted by Crippen LogP contribution is 2.29. The summed E-state index contributed by atoms with van der Waals surface area (Å²) in [6.07, 6.45) is 0.774. The number of benzene rings is 2. The molecule has 7 heteroatoms. The molecule has 158 valence electrons. The summed E-state index contributed by atoms with van der Waals surface area (Å²) in [5.41, 5.74) is 1.10. The Kier molecular flexibility index (Phi) is 9.23. The van der Waals surface area contributed by atoms with E-state index >= 15 is 0 Å². The summed E-state index contributed by atoms with van der Waals surface area (Å²) in [4.78, 5) is 0. The van der Waals surface area contributed by atoms with Crippen molar-refractivity contribution in [2.75, 3.05) is 58.7 Å². The number of para-hydroxylation sites is 2. The monoisotopic (exact) mass is 422 g/mol. The lowest BCUT2D eigenvalue weighted by molar-refractivity contribution is 0.0640. The van der Waals surface area contributed by atoms with Crippen LogP contribution in [0.1, 0.15) is 5.56 Å². The molecule has 29 heavy (non-hydrogen) atoms. The van der Waals surface area contributed by atoms with Crippen molar-refractivity contribution in [1.82, 2.24) is 0 Å². The third-order valence-corrected chi connectivity index (χ3v) is 4.37. The third-order valence-electron chi connectivity index (χ3n) is 4.18. The van der Waals surface area contributed by atoms with Crippen molar-refractivity contribution >= 4 is 11.6 Å². The van der Waals surface area contributed by atoms with E-state index in [0.717, 1.165) is 12.0 Å². The van der Waals surface area contributed by atoms with E-state index in [-0.39, 0.29) is 0 Å². The largest absolute Gasteiger partial charge is 0.487 e. The molecule has 0 atom stereocenters. The van der Waals surface area contributed by atoms with Crippen molar-refractivity contribution in [3.05, 3.63) is 48.0 Å². The van der Waals surface area contributed by atoms with Crippen LogP contribution in [0.25, 0.3) is 0 Å². The van der Waals surface area contributed by atoms with Crippen molar-refractivity contribution in [3.63, 3.8) is 0 Å². The maximum absolute atomic E-state index is 5.88. The van der Waals surface area contributed by atoms with Crippen LogP contribution in [0.5, 0.6) is 23.0 Å². The van der Waals surface area contributed by atoms with Crippen LogP contribution >= 0.6 is 11.6 Å². The number of halogens is 1. The first-order valence-corrected chi connectivity index (χ1v) is 10.3. The predicted octanol–water partition coefficient (Wildman–Crippen LogP) is 3.73. The van der Waals surface area contributed by atoms with E-state index in [9.17, 15) is 0 Å². The first-order chi connectivity index (χ1) is 14.4. The summed E-state index contributed by atoms with van der Waals surface area (Å²) in [6.45, 7) is 3.50. The topological polar surface area (TPSA) is 55.4 Å². The Morgan fingerprint density at radius 2 is 1.07 bits per heavy atom. The van der Waals surface area contributed by atoms with E-state index in [1.807, 2.05) is 42.5 Å². The van der Waals surface area contributed by atoms with Gasteiger partial charge in [0.1, 0.15) is 26.4 Å². The molecule has 0 aromatic heterocycles. The van der Waals surface area contributed by atoms with Crippen LogP contribution in [0.4, 0.5) is 0 Å². The van der Waals surface area contributed by atoms with Crippen LogP contribution in [0, 0.1) is 0 Å². The molecule has 1 heterocycles. The Morgan fingerprint density at radius 1 is 0.586 bits per heavy atom. The third kappa shape index (κ3) is 7.31. The smallest absolute Gasteiger partial charge is 0.161 e. The summed E-state index contributed by atoms with van der Waals surface area (Å²) in [5, 5.41) is 0. The van der Waals surface area contributed by atoms with Gasteiger partial charge >= 0.3 is 0 Å². The molecule has 0 fully saturated rings. The molecule has 0 radical (unpaired) electrons. The minimum absolute atomic E-state index is 0.414. The highest BCUT2D eigenvalue weighted by molar-refractivity contribution is 6.17. The van der Waals surface area contributed by atoms with Crippen LogP contribution in [0.15, 0.2) is 42.5 Å². The molecule has 2 aromatic rings. The Morgan fingerprint density at radius 3 is 1.59 bits per heavy atom. The average molecular weight is 423 g/mol. The molecule has 0 amide bonds. The van der Waals surface area contributed by atoms with Gasteiger partial charge in [0, 0.05) is 5.88 Å². The molecule has 6 nitrogen and oxygen atoms in total. The van der Waals surface area contributed by atoms with Gasteiger partial charge in [-0.25, -0.2) is 0 Å². The van der Waals surface area contributed by atoms with Crippen LogP contribution in [0.3, 0.4) is 0 Å². The van der Waals surface area contributed by atoms with E-state index in [2.05, 4.69) is 0 Å². The molecule has 3 rings (SSSR count). The molecule has 1 aliphatic heterocycles. The van der Waals surface area contributed by atoms with Gasteiger partial charge in [-0.3, -0.25) is 0 Å². The number of rotatable bonds is 2. The lowest BCUT2D eigenvalue weighted by Crippen LogP contribution is -2.15. The molecule has 0 aliphatic carbocycles. The van der Waals surface area contributed by atoms with E-state index in [0.29, 0.717) is 81.7 Å². The quantitative estimate of drug-likeness (QED) is 0.687. The Balaban J connectivity index is 1.59. The van der Waals surface area contributed by atoms with Gasteiger partial charge in [-0.1, -0.05) is 18.2 Å². The van der Waals surface area contributed by atoms with Gasteiger partial charge in [0.25, 0.3) is 0 Å². The van der Waals surface area contributed by atoms with Crippen LogP contribution < -0.4 is 18.9 Å². The van der Waals surface area contributed by atoms with Crippen molar-refractivity contribution < 1.29 is 28.4 Å². The minimum atomic E-state index is 0.414. The van der Waals surface area contributed by atoms with Gasteiger partial charge in [0.2, 0.25) is 0 Å². The Labute approximate surface area is 176 Å². The second-order valence-electron chi connectivity index (χ2n) is 6.29. The maximum atomic E-state index is 5.88. The normalized spacial score (nSPS) is 16.4. The fourth-order valence-corrected chi connectivity index (χ4v) is 3.00. The molecular formula is C22H27ClO6. The number of alkyl halides is 1. The van der Waals surface area contributed by atoms with Crippen molar-refractivity contribution in [2.45, 2.75) is 6.42 Å². The zero-order chi connectivity index (χ0) is 20.2. The van der Waals surface area contributed by atoms with E-state index in [1.165, 1.54) is 0 Å². The summed E-state index contributed by atoms with van der Waals surface area (Å²) >= 11 is 5.85. The zero-order valence-corrected chi connectivity index (χ0v) is 17.2. The summed E-state index contributed by atoms with van der Waals surface area (Å²) in [7, 11) is 0. The predicted molar refractivity (Wildman–Crippen MR) is 111 cm³/mol. The van der Waals surface area contributed by atoms with Crippen molar-refractivity contribution in [1.29, 1.82) is 0 Å². The molecule has 2 aromatic carbocycles. The highest BCUT2D eigenvalue weighted by Gasteiger charge is 2.09. The molecule has 0 spiro atoms. The lowest BCUT2D eigenvalue weighted by atomic mass is 10.1. The van der Waals surface area contributed by atoms with Crippen molar-refractivity contribution in [2.24, 2.45) is 0 Å². The summed E-state index contributed by atoms with van der Waals surface area (Å²) in [5.74, 6) is 3.31. The Hall–Kier alpha value is -2.15. The van der Waals surface area contributed by atoms with E-state index < -0.39 is 0 Å². The van der Waals surface area contributed by atoms with E-state index in [4.69, 9.17) is 40.0 Å². The first-order valence-electron chi connectivity index (χ1n) is 9.81. The van der Waals surface area contributed by atoms with Crippen LogP contribution in [-0.2, 0) is 15.9 Å². The fraction of sp³-hybridized carbons (Fsp3) is 0.455. The lowest BCUT2D eigenvalue weighted by Gasteiger charge is -2.16. The highest BCUT2D eigenvalue weighted by atomic mass is 35.5. The standard InChI is InChI=1S/C22H27ClO6/c23-8-7-18-5-6-21-22(17-18)29-16-12-25-10-14-27-20-4-2-1-3-19(20)26-13-9-24-11-15-28-21/h1-6,17H,7-16H2. The first kappa shape index (κ1) is 21.6. The molecular weight excluding hydrogens is 396 g/mol. The Bertz CT molecular complexity index is 739.